The van der Waals surface area contributed by atoms with Crippen LogP contribution in [0.2, 0.25) is 0 Å². The number of rotatable bonds is 17. The fraction of sp³-hybridized carbons (Fsp3) is 0.500. The van der Waals surface area contributed by atoms with Gasteiger partial charge in [0.25, 0.3) is 0 Å². The molecule has 2 rings (SSSR count). The highest BCUT2D eigenvalue weighted by molar-refractivity contribution is 5.77. The first-order valence-corrected chi connectivity index (χ1v) is 11.7. The van der Waals surface area contributed by atoms with Gasteiger partial charge in [-0.3, -0.25) is 4.79 Å². The molecule has 1 atom stereocenters. The zero-order valence-electron chi connectivity index (χ0n) is 20.2. The van der Waals surface area contributed by atoms with Crippen LogP contribution >= 0.6 is 0 Å². The van der Waals surface area contributed by atoms with Crippen molar-refractivity contribution in [2.24, 2.45) is 5.73 Å². The summed E-state index contributed by atoms with van der Waals surface area (Å²) >= 11 is 0. The summed E-state index contributed by atoms with van der Waals surface area (Å²) < 4.78 is 31.3. The van der Waals surface area contributed by atoms with Crippen molar-refractivity contribution in [3.8, 4) is 0 Å². The highest BCUT2D eigenvalue weighted by Crippen LogP contribution is 2.24. The number of nitrogens with one attached hydrogen (secondary N) is 2. The standard InChI is InChI=1S/C26H38FN3O4/c1-26(2,34-20-24(31)29-14-16-33-18-17-32-15-13-28)23(27)19-30-25(21-9-5-3-6-10-21)22-11-7-4-8-12-22/h3-12,23,25,30H,13-20,28H2,1-2H3,(H,29,31). The molecule has 2 aromatic carbocycles. The Kier molecular flexibility index (Phi) is 12.7. The molecule has 4 N–H and O–H groups in total. The molecule has 1 amide bonds. The summed E-state index contributed by atoms with van der Waals surface area (Å²) in [5.74, 6) is -0.317. The molecule has 1 unspecified atom stereocenters. The first kappa shape index (κ1) is 27.9. The number of amides is 1. The fourth-order valence-electron chi connectivity index (χ4n) is 3.25. The minimum atomic E-state index is -1.33. The number of hydrogen-bond donors (Lipinski definition) is 3. The molecular formula is C26H38FN3O4. The molecule has 0 aromatic heterocycles. The van der Waals surface area contributed by atoms with Crippen LogP contribution in [0.4, 0.5) is 4.39 Å². The average Bonchev–Trinajstić information content (AvgIpc) is 2.85. The second-order valence-electron chi connectivity index (χ2n) is 8.39. The summed E-state index contributed by atoms with van der Waals surface area (Å²) in [7, 11) is 0. The number of ether oxygens (including phenoxy) is 3. The van der Waals surface area contributed by atoms with E-state index in [1.54, 1.807) is 13.8 Å². The minimum absolute atomic E-state index is 0.0726. The van der Waals surface area contributed by atoms with Gasteiger partial charge in [0.05, 0.1) is 38.1 Å². The van der Waals surface area contributed by atoms with Gasteiger partial charge in [0.1, 0.15) is 12.8 Å². The number of alkyl halides is 1. The van der Waals surface area contributed by atoms with Gasteiger partial charge in [-0.1, -0.05) is 60.7 Å². The summed E-state index contributed by atoms with van der Waals surface area (Å²) in [6.45, 7) is 5.71. The topological polar surface area (TPSA) is 94.8 Å². The molecule has 2 aromatic rings. The number of carbonyl (C=O) groups is 1. The van der Waals surface area contributed by atoms with Crippen molar-refractivity contribution < 1.29 is 23.4 Å². The van der Waals surface area contributed by atoms with Gasteiger partial charge in [-0.05, 0) is 25.0 Å². The number of nitrogens with two attached hydrogens (primary N) is 1. The third-order valence-electron chi connectivity index (χ3n) is 5.30. The fourth-order valence-corrected chi connectivity index (χ4v) is 3.25. The van der Waals surface area contributed by atoms with Crippen LogP contribution in [-0.4, -0.2) is 70.3 Å². The summed E-state index contributed by atoms with van der Waals surface area (Å²) in [4.78, 5) is 12.1. The maximum absolute atomic E-state index is 15.1. The quantitative estimate of drug-likeness (QED) is 0.305. The molecule has 0 spiro atoms. The molecule has 34 heavy (non-hydrogen) atoms. The summed E-state index contributed by atoms with van der Waals surface area (Å²) in [6.07, 6.45) is -1.33. The van der Waals surface area contributed by atoms with Crippen molar-refractivity contribution in [1.29, 1.82) is 0 Å². The Morgan fingerprint density at radius 1 is 0.941 bits per heavy atom. The molecule has 0 heterocycles. The number of halogens is 1. The third kappa shape index (κ3) is 10.3. The van der Waals surface area contributed by atoms with Gasteiger partial charge in [-0.15, -0.1) is 0 Å². The lowest BCUT2D eigenvalue weighted by Crippen LogP contribution is -2.45. The molecular weight excluding hydrogens is 437 g/mol. The second kappa shape index (κ2) is 15.5. The highest BCUT2D eigenvalue weighted by atomic mass is 19.1. The van der Waals surface area contributed by atoms with E-state index in [0.29, 0.717) is 39.5 Å². The van der Waals surface area contributed by atoms with E-state index < -0.39 is 11.8 Å². The van der Waals surface area contributed by atoms with Gasteiger partial charge in [-0.25, -0.2) is 4.39 Å². The molecule has 0 saturated heterocycles. The smallest absolute Gasteiger partial charge is 0.246 e. The predicted molar refractivity (Wildman–Crippen MR) is 131 cm³/mol. The van der Waals surface area contributed by atoms with Gasteiger partial charge in [0, 0.05) is 19.6 Å². The lowest BCUT2D eigenvalue weighted by atomic mass is 9.97. The number of carbonyl (C=O) groups excluding carboxylic acids is 1. The molecule has 8 heteroatoms. The van der Waals surface area contributed by atoms with E-state index in [-0.39, 0.29) is 25.1 Å². The molecule has 0 bridgehead atoms. The van der Waals surface area contributed by atoms with Crippen LogP contribution in [0, 0.1) is 0 Å². The molecule has 7 nitrogen and oxygen atoms in total. The second-order valence-corrected chi connectivity index (χ2v) is 8.39. The maximum atomic E-state index is 15.1. The Balaban J connectivity index is 1.75. The van der Waals surface area contributed by atoms with Crippen LogP contribution in [0.5, 0.6) is 0 Å². The zero-order chi connectivity index (χ0) is 24.7. The van der Waals surface area contributed by atoms with Crippen LogP contribution in [0.1, 0.15) is 31.0 Å². The summed E-state index contributed by atoms with van der Waals surface area (Å²) in [5.41, 5.74) is 6.28. The van der Waals surface area contributed by atoms with Crippen LogP contribution < -0.4 is 16.4 Å². The predicted octanol–water partition coefficient (Wildman–Crippen LogP) is 2.61. The Labute approximate surface area is 202 Å². The average molecular weight is 476 g/mol. The minimum Gasteiger partial charge on any atom is -0.378 e. The van der Waals surface area contributed by atoms with Crippen LogP contribution in [0.3, 0.4) is 0 Å². The molecule has 0 saturated carbocycles. The Bertz CT molecular complexity index is 769. The van der Waals surface area contributed by atoms with E-state index in [9.17, 15) is 4.79 Å². The lowest BCUT2D eigenvalue weighted by molar-refractivity contribution is -0.136. The van der Waals surface area contributed by atoms with Crippen molar-refractivity contribution in [2.75, 3.05) is 52.7 Å². The first-order chi connectivity index (χ1) is 16.4. The van der Waals surface area contributed by atoms with Gasteiger partial charge in [0.15, 0.2) is 0 Å². The van der Waals surface area contributed by atoms with Crippen molar-refractivity contribution in [1.82, 2.24) is 10.6 Å². The molecule has 0 aliphatic heterocycles. The van der Waals surface area contributed by atoms with Gasteiger partial charge in [0.2, 0.25) is 5.91 Å². The van der Waals surface area contributed by atoms with Crippen LogP contribution in [-0.2, 0) is 19.0 Å². The summed E-state index contributed by atoms with van der Waals surface area (Å²) in [6, 6.07) is 19.7. The van der Waals surface area contributed by atoms with Crippen molar-refractivity contribution in [3.63, 3.8) is 0 Å². The van der Waals surface area contributed by atoms with E-state index in [1.165, 1.54) is 0 Å². The van der Waals surface area contributed by atoms with E-state index in [2.05, 4.69) is 10.6 Å². The van der Waals surface area contributed by atoms with Crippen molar-refractivity contribution in [2.45, 2.75) is 31.7 Å². The van der Waals surface area contributed by atoms with Gasteiger partial charge >= 0.3 is 0 Å². The van der Waals surface area contributed by atoms with Crippen LogP contribution in [0.15, 0.2) is 60.7 Å². The van der Waals surface area contributed by atoms with Gasteiger partial charge < -0.3 is 30.6 Å². The van der Waals surface area contributed by atoms with E-state index in [0.717, 1.165) is 11.1 Å². The third-order valence-corrected chi connectivity index (χ3v) is 5.30. The van der Waals surface area contributed by atoms with Crippen molar-refractivity contribution >= 4 is 5.91 Å². The van der Waals surface area contributed by atoms with E-state index >= 15 is 4.39 Å². The largest absolute Gasteiger partial charge is 0.378 e. The maximum Gasteiger partial charge on any atom is 0.246 e. The molecule has 0 aliphatic rings. The Morgan fingerprint density at radius 3 is 2.06 bits per heavy atom. The molecule has 188 valence electrons. The first-order valence-electron chi connectivity index (χ1n) is 11.7. The van der Waals surface area contributed by atoms with Gasteiger partial charge in [-0.2, -0.15) is 0 Å². The molecule has 0 radical (unpaired) electrons. The monoisotopic (exact) mass is 475 g/mol. The summed E-state index contributed by atoms with van der Waals surface area (Å²) in [5, 5.41) is 6.02. The normalized spacial score (nSPS) is 12.6. The van der Waals surface area contributed by atoms with Crippen LogP contribution in [0.25, 0.3) is 0 Å². The molecule has 0 aliphatic carbocycles. The lowest BCUT2D eigenvalue weighted by Gasteiger charge is -2.30. The zero-order valence-corrected chi connectivity index (χ0v) is 20.2. The Morgan fingerprint density at radius 2 is 1.50 bits per heavy atom. The molecule has 0 fully saturated rings. The van der Waals surface area contributed by atoms with E-state index in [4.69, 9.17) is 19.9 Å². The number of benzene rings is 2. The highest BCUT2D eigenvalue weighted by Gasteiger charge is 2.32. The SMILES string of the molecule is CC(C)(OCC(=O)NCCOCCOCCN)C(F)CNC(c1ccccc1)c1ccccc1. The number of hydrogen-bond acceptors (Lipinski definition) is 6. The van der Waals surface area contributed by atoms with Crippen molar-refractivity contribution in [3.05, 3.63) is 71.8 Å². The van der Waals surface area contributed by atoms with E-state index in [1.807, 2.05) is 60.7 Å². The Hall–Kier alpha value is -2.36.